The molecular weight excluding hydrogens is 416 g/mol. The van der Waals surface area contributed by atoms with Crippen molar-refractivity contribution in [3.63, 3.8) is 0 Å². The fourth-order valence-electron chi connectivity index (χ4n) is 4.47. The number of ether oxygens (including phenoxy) is 2. The van der Waals surface area contributed by atoms with Crippen molar-refractivity contribution in [2.75, 3.05) is 33.9 Å². The molecule has 0 spiro atoms. The smallest absolute Gasteiger partial charge is 0.253 e. The van der Waals surface area contributed by atoms with Gasteiger partial charge in [0.15, 0.2) is 11.5 Å². The maximum Gasteiger partial charge on any atom is 0.253 e. The van der Waals surface area contributed by atoms with Gasteiger partial charge in [0, 0.05) is 36.8 Å². The normalized spacial score (nSPS) is 18.4. The van der Waals surface area contributed by atoms with Crippen molar-refractivity contribution in [2.24, 2.45) is 5.92 Å². The fourth-order valence-corrected chi connectivity index (χ4v) is 4.59. The molecule has 4 rings (SSSR count). The van der Waals surface area contributed by atoms with Crippen molar-refractivity contribution in [3.8, 4) is 11.5 Å². The molecule has 1 atom stereocenters. The second-order valence-electron chi connectivity index (χ2n) is 8.08. The Morgan fingerprint density at radius 1 is 0.968 bits per heavy atom. The van der Waals surface area contributed by atoms with Crippen molar-refractivity contribution in [2.45, 2.75) is 25.8 Å². The molecular formula is C24H27ClN2O4. The lowest BCUT2D eigenvalue weighted by atomic mass is 9.93. The molecule has 0 saturated carbocycles. The van der Waals surface area contributed by atoms with E-state index in [-0.39, 0.29) is 17.7 Å². The van der Waals surface area contributed by atoms with Crippen LogP contribution in [0, 0.1) is 5.92 Å². The lowest BCUT2D eigenvalue weighted by Gasteiger charge is -2.37. The highest BCUT2D eigenvalue weighted by Gasteiger charge is 2.33. The summed E-state index contributed by atoms with van der Waals surface area (Å²) in [6.45, 7) is 2.35. The molecule has 1 saturated heterocycles. The Hall–Kier alpha value is -2.73. The molecule has 164 valence electrons. The Balaban J connectivity index is 1.45. The molecule has 2 aromatic rings. The number of carbonyl (C=O) groups excluding carboxylic acids is 2. The summed E-state index contributed by atoms with van der Waals surface area (Å²) in [5, 5.41) is 0.600. The summed E-state index contributed by atoms with van der Waals surface area (Å²) in [4.78, 5) is 29.9. The maximum atomic E-state index is 13.3. The molecule has 2 amide bonds. The molecule has 0 radical (unpaired) electrons. The first kappa shape index (κ1) is 21.5. The molecule has 2 heterocycles. The minimum absolute atomic E-state index is 0.0463. The summed E-state index contributed by atoms with van der Waals surface area (Å²) in [6, 6.07) is 10.9. The summed E-state index contributed by atoms with van der Waals surface area (Å²) < 4.78 is 10.8. The number of hydrogen-bond acceptors (Lipinski definition) is 4. The minimum atomic E-state index is -0.174. The summed E-state index contributed by atoms with van der Waals surface area (Å²) in [5.74, 6) is 1.29. The zero-order valence-electron chi connectivity index (χ0n) is 17.9. The Kier molecular flexibility index (Phi) is 6.37. The van der Waals surface area contributed by atoms with Gasteiger partial charge in [-0.15, -0.1) is 0 Å². The molecule has 6 nitrogen and oxygen atoms in total. The van der Waals surface area contributed by atoms with Crippen LogP contribution in [0.5, 0.6) is 11.5 Å². The molecule has 0 unspecified atom stereocenters. The molecule has 0 aromatic heterocycles. The van der Waals surface area contributed by atoms with Crippen LogP contribution in [0.3, 0.4) is 0 Å². The molecule has 7 heteroatoms. The zero-order chi connectivity index (χ0) is 22.0. The summed E-state index contributed by atoms with van der Waals surface area (Å²) >= 11 is 5.93. The van der Waals surface area contributed by atoms with E-state index in [1.54, 1.807) is 43.4 Å². The van der Waals surface area contributed by atoms with Crippen LogP contribution < -0.4 is 9.47 Å². The standard InChI is InChI=1S/C24H27ClN2O4/c1-30-21-12-17-9-11-27(15-19(17)13-22(21)31-2)24(29)18-4-3-10-26(14-18)23(28)16-5-7-20(25)8-6-16/h5-8,12-13,18H,3-4,9-11,14-15H2,1-2H3/t18-/m1/s1. The fraction of sp³-hybridized carbons (Fsp3) is 0.417. The van der Waals surface area contributed by atoms with Crippen molar-refractivity contribution >= 4 is 23.4 Å². The number of rotatable bonds is 4. The zero-order valence-corrected chi connectivity index (χ0v) is 18.7. The Bertz CT molecular complexity index is 976. The number of hydrogen-bond donors (Lipinski definition) is 0. The number of piperidine rings is 1. The minimum Gasteiger partial charge on any atom is -0.493 e. The van der Waals surface area contributed by atoms with Crippen molar-refractivity contribution in [1.82, 2.24) is 9.80 Å². The number of nitrogens with zero attached hydrogens (tertiary/aromatic N) is 2. The van der Waals surface area contributed by atoms with Gasteiger partial charge in [-0.05, 0) is 66.8 Å². The summed E-state index contributed by atoms with van der Waals surface area (Å²) in [5.41, 5.74) is 2.87. The van der Waals surface area contributed by atoms with Crippen LogP contribution >= 0.6 is 11.6 Å². The van der Waals surface area contributed by atoms with E-state index in [1.807, 2.05) is 17.0 Å². The number of amides is 2. The van der Waals surface area contributed by atoms with Crippen LogP contribution in [0.1, 0.15) is 34.3 Å². The van der Waals surface area contributed by atoms with Crippen LogP contribution in [0.15, 0.2) is 36.4 Å². The van der Waals surface area contributed by atoms with Crippen LogP contribution in [-0.2, 0) is 17.8 Å². The molecule has 0 bridgehead atoms. The van der Waals surface area contributed by atoms with Crippen molar-refractivity contribution in [3.05, 3.63) is 58.1 Å². The van der Waals surface area contributed by atoms with Gasteiger partial charge in [0.2, 0.25) is 5.91 Å². The van der Waals surface area contributed by atoms with E-state index in [9.17, 15) is 9.59 Å². The van der Waals surface area contributed by atoms with E-state index in [1.165, 1.54) is 5.56 Å². The van der Waals surface area contributed by atoms with Crippen LogP contribution in [0.25, 0.3) is 0 Å². The lowest BCUT2D eigenvalue weighted by Crippen LogP contribution is -2.47. The highest BCUT2D eigenvalue weighted by molar-refractivity contribution is 6.30. The second kappa shape index (κ2) is 9.18. The number of benzene rings is 2. The number of halogens is 1. The Morgan fingerprint density at radius 3 is 2.32 bits per heavy atom. The van der Waals surface area contributed by atoms with E-state index in [0.717, 1.165) is 24.8 Å². The van der Waals surface area contributed by atoms with E-state index < -0.39 is 0 Å². The molecule has 2 aliphatic heterocycles. The van der Waals surface area contributed by atoms with Gasteiger partial charge >= 0.3 is 0 Å². The van der Waals surface area contributed by atoms with Gasteiger partial charge in [-0.3, -0.25) is 9.59 Å². The first-order chi connectivity index (χ1) is 15.0. The van der Waals surface area contributed by atoms with E-state index in [2.05, 4.69) is 0 Å². The van der Waals surface area contributed by atoms with Gasteiger partial charge in [0.25, 0.3) is 5.91 Å². The average Bonchev–Trinajstić information content (AvgIpc) is 2.82. The number of fused-ring (bicyclic) bond motifs is 1. The number of carbonyl (C=O) groups is 2. The molecule has 2 aliphatic rings. The van der Waals surface area contributed by atoms with E-state index in [4.69, 9.17) is 21.1 Å². The maximum absolute atomic E-state index is 13.3. The molecule has 2 aromatic carbocycles. The molecule has 31 heavy (non-hydrogen) atoms. The van der Waals surface area contributed by atoms with Crippen molar-refractivity contribution < 1.29 is 19.1 Å². The summed E-state index contributed by atoms with van der Waals surface area (Å²) in [7, 11) is 3.24. The first-order valence-electron chi connectivity index (χ1n) is 10.6. The third-order valence-electron chi connectivity index (χ3n) is 6.18. The van der Waals surface area contributed by atoms with Gasteiger partial charge in [-0.1, -0.05) is 11.6 Å². The van der Waals surface area contributed by atoms with Gasteiger partial charge in [0.1, 0.15) is 0 Å². The SMILES string of the molecule is COc1cc2c(cc1OC)CN(C(=O)[C@@H]1CCCN(C(=O)c3ccc(Cl)cc3)C1)CC2. The van der Waals surface area contributed by atoms with Crippen LogP contribution in [0.2, 0.25) is 5.02 Å². The second-order valence-corrected chi connectivity index (χ2v) is 8.52. The third kappa shape index (κ3) is 4.49. The Morgan fingerprint density at radius 2 is 1.65 bits per heavy atom. The molecule has 0 aliphatic carbocycles. The predicted octanol–water partition coefficient (Wildman–Crippen LogP) is 3.79. The monoisotopic (exact) mass is 442 g/mol. The third-order valence-corrected chi connectivity index (χ3v) is 6.43. The van der Waals surface area contributed by atoms with E-state index in [0.29, 0.717) is 48.3 Å². The topological polar surface area (TPSA) is 59.1 Å². The van der Waals surface area contributed by atoms with Gasteiger partial charge in [0.05, 0.1) is 20.1 Å². The average molecular weight is 443 g/mol. The largest absolute Gasteiger partial charge is 0.493 e. The van der Waals surface area contributed by atoms with Crippen LogP contribution in [0.4, 0.5) is 0 Å². The van der Waals surface area contributed by atoms with Gasteiger partial charge in [-0.25, -0.2) is 0 Å². The Labute approximate surface area is 187 Å². The number of methoxy groups -OCH3 is 2. The van der Waals surface area contributed by atoms with Gasteiger partial charge < -0.3 is 19.3 Å². The van der Waals surface area contributed by atoms with Gasteiger partial charge in [-0.2, -0.15) is 0 Å². The highest BCUT2D eigenvalue weighted by atomic mass is 35.5. The lowest BCUT2D eigenvalue weighted by molar-refractivity contribution is -0.137. The molecule has 0 N–H and O–H groups in total. The summed E-state index contributed by atoms with van der Waals surface area (Å²) in [6.07, 6.45) is 2.41. The van der Waals surface area contributed by atoms with Crippen LogP contribution in [-0.4, -0.2) is 55.5 Å². The quantitative estimate of drug-likeness (QED) is 0.722. The highest BCUT2D eigenvalue weighted by Crippen LogP contribution is 2.34. The van der Waals surface area contributed by atoms with Crippen molar-refractivity contribution in [1.29, 1.82) is 0 Å². The first-order valence-corrected chi connectivity index (χ1v) is 11.0. The number of likely N-dealkylation sites (tertiary alicyclic amines) is 1. The van der Waals surface area contributed by atoms with E-state index >= 15 is 0 Å². The molecule has 1 fully saturated rings. The predicted molar refractivity (Wildman–Crippen MR) is 119 cm³/mol.